The minimum Gasteiger partial charge on any atom is -0.507 e. The molecule has 2 unspecified atom stereocenters. The molecular formula is C30H23BrO4. The summed E-state index contributed by atoms with van der Waals surface area (Å²) < 4.78 is 6.44. The Kier molecular flexibility index (Phi) is 6.53. The molecule has 35 heavy (non-hydrogen) atoms. The van der Waals surface area contributed by atoms with Gasteiger partial charge in [0, 0.05) is 16.8 Å². The van der Waals surface area contributed by atoms with E-state index in [4.69, 9.17) is 4.42 Å². The Bertz CT molecular complexity index is 1520. The fourth-order valence-corrected chi connectivity index (χ4v) is 4.83. The van der Waals surface area contributed by atoms with E-state index in [-0.39, 0.29) is 17.7 Å². The molecule has 1 heterocycles. The van der Waals surface area contributed by atoms with Crippen molar-refractivity contribution in [2.45, 2.75) is 18.4 Å². The summed E-state index contributed by atoms with van der Waals surface area (Å²) in [5.41, 5.74) is 3.40. The second kappa shape index (κ2) is 9.90. The Morgan fingerprint density at radius 1 is 0.771 bits per heavy atom. The molecule has 5 heteroatoms. The van der Waals surface area contributed by atoms with E-state index >= 15 is 0 Å². The first kappa shape index (κ1) is 23.1. The predicted octanol–water partition coefficient (Wildman–Crippen LogP) is 6.72. The number of hydrogen-bond acceptors (Lipinski definition) is 4. The lowest BCUT2D eigenvalue weighted by Gasteiger charge is -2.27. The van der Waals surface area contributed by atoms with Gasteiger partial charge in [-0.2, -0.15) is 0 Å². The molecule has 0 aliphatic heterocycles. The number of aliphatic hydroxyl groups is 1. The fraction of sp³-hybridized carbons (Fsp3) is 0.100. The van der Waals surface area contributed by atoms with Crippen LogP contribution in [0.1, 0.15) is 39.8 Å². The highest BCUT2D eigenvalue weighted by Crippen LogP contribution is 2.40. The molecule has 4 nitrogen and oxygen atoms in total. The van der Waals surface area contributed by atoms with Crippen LogP contribution in [0.5, 0.6) is 5.75 Å². The van der Waals surface area contributed by atoms with E-state index in [1.165, 1.54) is 0 Å². The molecule has 0 saturated carbocycles. The van der Waals surface area contributed by atoms with Crippen LogP contribution >= 0.6 is 15.9 Å². The number of halogens is 1. The van der Waals surface area contributed by atoms with E-state index in [0.717, 1.165) is 26.7 Å². The van der Waals surface area contributed by atoms with Crippen molar-refractivity contribution in [3.63, 3.8) is 0 Å². The molecule has 1 aromatic heterocycles. The molecule has 0 aliphatic carbocycles. The van der Waals surface area contributed by atoms with Gasteiger partial charge in [0.15, 0.2) is 0 Å². The van der Waals surface area contributed by atoms with Crippen LogP contribution in [0, 0.1) is 0 Å². The van der Waals surface area contributed by atoms with E-state index in [1.54, 1.807) is 24.3 Å². The SMILES string of the molecule is O=c1oc2ccccc2c(O)c1Cc1ccccc1C(c1ccc(Br)cc1)C(O)c1ccccc1. The van der Waals surface area contributed by atoms with Gasteiger partial charge in [0.25, 0.3) is 0 Å². The number of para-hydroxylation sites is 1. The van der Waals surface area contributed by atoms with Crippen molar-refractivity contribution in [1.82, 2.24) is 0 Å². The summed E-state index contributed by atoms with van der Waals surface area (Å²) in [6, 6.07) is 32.1. The van der Waals surface area contributed by atoms with Gasteiger partial charge in [-0.05, 0) is 46.5 Å². The van der Waals surface area contributed by atoms with Crippen molar-refractivity contribution in [3.05, 3.63) is 146 Å². The van der Waals surface area contributed by atoms with Gasteiger partial charge in [-0.25, -0.2) is 4.79 Å². The predicted molar refractivity (Wildman–Crippen MR) is 141 cm³/mol. The minimum atomic E-state index is -0.819. The topological polar surface area (TPSA) is 70.7 Å². The maximum Gasteiger partial charge on any atom is 0.343 e. The highest BCUT2D eigenvalue weighted by atomic mass is 79.9. The maximum atomic E-state index is 12.8. The average molecular weight is 527 g/mol. The van der Waals surface area contributed by atoms with Gasteiger partial charge in [-0.15, -0.1) is 0 Å². The summed E-state index contributed by atoms with van der Waals surface area (Å²) in [5, 5.41) is 23.0. The zero-order chi connectivity index (χ0) is 24.4. The van der Waals surface area contributed by atoms with Crippen LogP contribution in [0.2, 0.25) is 0 Å². The van der Waals surface area contributed by atoms with E-state index in [1.807, 2.05) is 78.9 Å². The maximum absolute atomic E-state index is 12.8. The first-order chi connectivity index (χ1) is 17.0. The second-order valence-corrected chi connectivity index (χ2v) is 9.39. The normalized spacial score (nSPS) is 13.0. The molecule has 0 saturated heterocycles. The zero-order valence-electron chi connectivity index (χ0n) is 18.8. The summed E-state index contributed by atoms with van der Waals surface area (Å²) in [6.07, 6.45) is -0.649. The highest BCUT2D eigenvalue weighted by Gasteiger charge is 2.27. The van der Waals surface area contributed by atoms with Crippen molar-refractivity contribution in [1.29, 1.82) is 0 Å². The van der Waals surface area contributed by atoms with Crippen molar-refractivity contribution in [2.75, 3.05) is 0 Å². The Balaban J connectivity index is 1.64. The van der Waals surface area contributed by atoms with Gasteiger partial charge in [0.2, 0.25) is 0 Å². The highest BCUT2D eigenvalue weighted by molar-refractivity contribution is 9.10. The van der Waals surface area contributed by atoms with Crippen LogP contribution < -0.4 is 5.63 Å². The zero-order valence-corrected chi connectivity index (χ0v) is 20.4. The van der Waals surface area contributed by atoms with Crippen molar-refractivity contribution >= 4 is 26.9 Å². The molecule has 0 fully saturated rings. The Morgan fingerprint density at radius 3 is 2.20 bits per heavy atom. The lowest BCUT2D eigenvalue weighted by atomic mass is 9.80. The number of aromatic hydroxyl groups is 1. The molecule has 4 aromatic carbocycles. The molecule has 0 spiro atoms. The van der Waals surface area contributed by atoms with E-state index in [0.29, 0.717) is 11.0 Å². The Morgan fingerprint density at radius 2 is 1.43 bits per heavy atom. The molecule has 2 atom stereocenters. The van der Waals surface area contributed by atoms with Gasteiger partial charge in [-0.1, -0.05) is 94.8 Å². The lowest BCUT2D eigenvalue weighted by Crippen LogP contribution is -2.16. The van der Waals surface area contributed by atoms with Crippen molar-refractivity contribution < 1.29 is 14.6 Å². The molecule has 0 bridgehead atoms. The van der Waals surface area contributed by atoms with E-state index in [2.05, 4.69) is 15.9 Å². The quantitative estimate of drug-likeness (QED) is 0.241. The Labute approximate surface area is 211 Å². The molecule has 5 rings (SSSR count). The monoisotopic (exact) mass is 526 g/mol. The summed E-state index contributed by atoms with van der Waals surface area (Å²) >= 11 is 3.49. The van der Waals surface area contributed by atoms with E-state index in [9.17, 15) is 15.0 Å². The minimum absolute atomic E-state index is 0.0737. The van der Waals surface area contributed by atoms with Gasteiger partial charge < -0.3 is 14.6 Å². The lowest BCUT2D eigenvalue weighted by molar-refractivity contribution is 0.159. The van der Waals surface area contributed by atoms with Crippen LogP contribution in [-0.2, 0) is 6.42 Å². The molecule has 0 aliphatic rings. The van der Waals surface area contributed by atoms with Gasteiger partial charge >= 0.3 is 5.63 Å². The second-order valence-electron chi connectivity index (χ2n) is 8.47. The molecule has 5 aromatic rings. The summed E-state index contributed by atoms with van der Waals surface area (Å²) in [6.45, 7) is 0. The van der Waals surface area contributed by atoms with Crippen LogP contribution in [0.4, 0.5) is 0 Å². The third-order valence-electron chi connectivity index (χ3n) is 6.32. The first-order valence-corrected chi connectivity index (χ1v) is 12.1. The van der Waals surface area contributed by atoms with Crippen molar-refractivity contribution in [2.24, 2.45) is 0 Å². The number of aliphatic hydroxyl groups excluding tert-OH is 1. The third kappa shape index (κ3) is 4.65. The number of benzene rings is 4. The third-order valence-corrected chi connectivity index (χ3v) is 6.85. The van der Waals surface area contributed by atoms with Crippen LogP contribution in [-0.4, -0.2) is 10.2 Å². The summed E-state index contributed by atoms with van der Waals surface area (Å²) in [5.74, 6) is -0.466. The number of hydrogen-bond donors (Lipinski definition) is 2. The molecule has 174 valence electrons. The number of fused-ring (bicyclic) bond motifs is 1. The summed E-state index contributed by atoms with van der Waals surface area (Å²) in [4.78, 5) is 12.8. The number of rotatable bonds is 6. The van der Waals surface area contributed by atoms with E-state index < -0.39 is 17.6 Å². The van der Waals surface area contributed by atoms with Crippen LogP contribution in [0.25, 0.3) is 11.0 Å². The smallest absolute Gasteiger partial charge is 0.343 e. The Hall–Kier alpha value is -3.67. The fourth-order valence-electron chi connectivity index (χ4n) is 4.56. The molecule has 0 radical (unpaired) electrons. The van der Waals surface area contributed by atoms with Crippen molar-refractivity contribution in [3.8, 4) is 5.75 Å². The summed E-state index contributed by atoms with van der Waals surface area (Å²) in [7, 11) is 0. The standard InChI is InChI=1S/C30H23BrO4/c31-22-16-14-19(15-17-22)27(28(32)20-8-2-1-3-9-20)23-11-5-4-10-21(23)18-25-29(33)24-12-6-7-13-26(24)35-30(25)34/h1-17,27-28,32-33H,18H2. The van der Waals surface area contributed by atoms with Crippen LogP contribution in [0.3, 0.4) is 0 Å². The van der Waals surface area contributed by atoms with Gasteiger partial charge in [0.1, 0.15) is 11.3 Å². The molecule has 0 amide bonds. The van der Waals surface area contributed by atoms with Gasteiger partial charge in [0.05, 0.1) is 17.1 Å². The first-order valence-electron chi connectivity index (χ1n) is 11.3. The molecule has 2 N–H and O–H groups in total. The largest absolute Gasteiger partial charge is 0.507 e. The molecular weight excluding hydrogens is 504 g/mol. The van der Waals surface area contributed by atoms with Gasteiger partial charge in [-0.3, -0.25) is 0 Å². The average Bonchev–Trinajstić information content (AvgIpc) is 2.89. The van der Waals surface area contributed by atoms with Crippen LogP contribution in [0.15, 0.2) is 117 Å².